The van der Waals surface area contributed by atoms with Crippen molar-refractivity contribution in [1.82, 2.24) is 9.78 Å². The Balaban J connectivity index is 2.46. The number of benzene rings is 1. The van der Waals surface area contributed by atoms with E-state index in [1.807, 2.05) is 11.6 Å². The molecule has 2 rings (SSSR count). The Hall–Kier alpha value is -1.61. The van der Waals surface area contributed by atoms with Crippen molar-refractivity contribution in [3.8, 4) is 0 Å². The molecule has 0 aliphatic heterocycles. The number of hydrogen-bond acceptors (Lipinski definition) is 2. The van der Waals surface area contributed by atoms with Crippen molar-refractivity contribution >= 4 is 0 Å². The highest BCUT2D eigenvalue weighted by Gasteiger charge is 2.16. The summed E-state index contributed by atoms with van der Waals surface area (Å²) in [6, 6.07) is 8.39. The number of nitrogens with zero attached hydrogens (tertiary/aromatic N) is 2. The third-order valence-corrected chi connectivity index (χ3v) is 3.32. The third-order valence-electron chi connectivity index (χ3n) is 3.32. The highest BCUT2D eigenvalue weighted by atomic mass is 15.3. The summed E-state index contributed by atoms with van der Waals surface area (Å²) in [7, 11) is 0. The molecule has 96 valence electrons. The van der Waals surface area contributed by atoms with E-state index in [0.29, 0.717) is 0 Å². The maximum Gasteiger partial charge on any atom is 0.0726 e. The predicted molar refractivity (Wildman–Crippen MR) is 74.6 cm³/mol. The van der Waals surface area contributed by atoms with E-state index in [1.54, 1.807) is 0 Å². The average molecular weight is 243 g/mol. The number of hydrogen-bond donors (Lipinski definition) is 1. The molecule has 0 spiro atoms. The quantitative estimate of drug-likeness (QED) is 0.900. The second kappa shape index (κ2) is 4.94. The van der Waals surface area contributed by atoms with Crippen LogP contribution in [-0.4, -0.2) is 9.78 Å². The highest BCUT2D eigenvalue weighted by Crippen LogP contribution is 2.24. The molecule has 0 fully saturated rings. The van der Waals surface area contributed by atoms with Crippen LogP contribution in [0.4, 0.5) is 0 Å². The fraction of sp³-hybridized carbons (Fsp3) is 0.400. The SMILES string of the molecule is CCn1nc(C)cc1C(N)c1cc(C)ccc1C. The van der Waals surface area contributed by atoms with Crippen LogP contribution in [0.5, 0.6) is 0 Å². The maximum absolute atomic E-state index is 6.41. The van der Waals surface area contributed by atoms with E-state index in [0.717, 1.165) is 17.9 Å². The fourth-order valence-corrected chi connectivity index (χ4v) is 2.32. The monoisotopic (exact) mass is 243 g/mol. The molecule has 0 saturated carbocycles. The fourth-order valence-electron chi connectivity index (χ4n) is 2.32. The van der Waals surface area contributed by atoms with Crippen LogP contribution in [0, 0.1) is 20.8 Å². The Morgan fingerprint density at radius 1 is 1.22 bits per heavy atom. The molecule has 0 aliphatic carbocycles. The first-order valence-corrected chi connectivity index (χ1v) is 6.40. The van der Waals surface area contributed by atoms with Crippen LogP contribution in [0.25, 0.3) is 0 Å². The molecule has 3 nitrogen and oxygen atoms in total. The number of rotatable bonds is 3. The molecule has 0 radical (unpaired) electrons. The molecule has 3 heteroatoms. The van der Waals surface area contributed by atoms with Gasteiger partial charge in [-0.15, -0.1) is 0 Å². The second-order valence-corrected chi connectivity index (χ2v) is 4.86. The molecule has 1 aromatic heterocycles. The molecule has 0 bridgehead atoms. The zero-order chi connectivity index (χ0) is 13.3. The van der Waals surface area contributed by atoms with E-state index in [1.165, 1.54) is 16.7 Å². The Bertz CT molecular complexity index is 555. The minimum absolute atomic E-state index is 0.106. The van der Waals surface area contributed by atoms with Gasteiger partial charge in [0.05, 0.1) is 17.4 Å². The second-order valence-electron chi connectivity index (χ2n) is 4.86. The zero-order valence-electron chi connectivity index (χ0n) is 11.6. The van der Waals surface area contributed by atoms with Crippen LogP contribution in [0.3, 0.4) is 0 Å². The van der Waals surface area contributed by atoms with Crippen molar-refractivity contribution < 1.29 is 0 Å². The average Bonchev–Trinajstić information content (AvgIpc) is 2.72. The van der Waals surface area contributed by atoms with E-state index in [-0.39, 0.29) is 6.04 Å². The molecular weight excluding hydrogens is 222 g/mol. The van der Waals surface area contributed by atoms with Crippen molar-refractivity contribution in [1.29, 1.82) is 0 Å². The molecule has 2 N–H and O–H groups in total. The molecule has 0 amide bonds. The highest BCUT2D eigenvalue weighted by molar-refractivity contribution is 5.37. The van der Waals surface area contributed by atoms with E-state index >= 15 is 0 Å². The lowest BCUT2D eigenvalue weighted by Gasteiger charge is -2.16. The van der Waals surface area contributed by atoms with Gasteiger partial charge in [0.15, 0.2) is 0 Å². The lowest BCUT2D eigenvalue weighted by atomic mass is 9.97. The Morgan fingerprint density at radius 3 is 2.61 bits per heavy atom. The Labute approximate surface area is 109 Å². The van der Waals surface area contributed by atoms with Crippen LogP contribution >= 0.6 is 0 Å². The van der Waals surface area contributed by atoms with Gasteiger partial charge in [0.1, 0.15) is 0 Å². The van der Waals surface area contributed by atoms with Crippen molar-refractivity contribution in [2.75, 3.05) is 0 Å². The first-order chi connectivity index (χ1) is 8.52. The molecule has 1 atom stereocenters. The molecule has 0 aliphatic rings. The summed E-state index contributed by atoms with van der Waals surface area (Å²) in [5.74, 6) is 0. The maximum atomic E-state index is 6.41. The van der Waals surface area contributed by atoms with Crippen molar-refractivity contribution in [2.45, 2.75) is 40.3 Å². The van der Waals surface area contributed by atoms with Gasteiger partial charge < -0.3 is 5.73 Å². The normalized spacial score (nSPS) is 12.7. The minimum Gasteiger partial charge on any atom is -0.319 e. The molecule has 1 heterocycles. The van der Waals surface area contributed by atoms with Gasteiger partial charge >= 0.3 is 0 Å². The zero-order valence-corrected chi connectivity index (χ0v) is 11.6. The van der Waals surface area contributed by atoms with E-state index in [9.17, 15) is 0 Å². The summed E-state index contributed by atoms with van der Waals surface area (Å²) in [6.45, 7) is 9.14. The standard InChI is InChI=1S/C15H21N3/c1-5-18-14(9-12(4)17-18)15(16)13-8-10(2)6-7-11(13)3/h6-9,15H,5,16H2,1-4H3. The van der Waals surface area contributed by atoms with Gasteiger partial charge in [-0.1, -0.05) is 23.8 Å². The minimum atomic E-state index is -0.106. The molecule has 1 aromatic carbocycles. The Morgan fingerprint density at radius 2 is 1.94 bits per heavy atom. The first kappa shape index (κ1) is 12.8. The van der Waals surface area contributed by atoms with E-state index in [4.69, 9.17) is 5.73 Å². The van der Waals surface area contributed by atoms with Crippen molar-refractivity contribution in [2.24, 2.45) is 5.73 Å². The summed E-state index contributed by atoms with van der Waals surface area (Å²) >= 11 is 0. The summed E-state index contributed by atoms with van der Waals surface area (Å²) < 4.78 is 1.99. The van der Waals surface area contributed by atoms with Crippen LogP contribution in [0.15, 0.2) is 24.3 Å². The van der Waals surface area contributed by atoms with Gasteiger partial charge in [-0.3, -0.25) is 4.68 Å². The van der Waals surface area contributed by atoms with Crippen LogP contribution in [0.1, 0.15) is 41.0 Å². The largest absolute Gasteiger partial charge is 0.319 e. The van der Waals surface area contributed by atoms with E-state index < -0.39 is 0 Å². The van der Waals surface area contributed by atoms with Crippen molar-refractivity contribution in [3.63, 3.8) is 0 Å². The summed E-state index contributed by atoms with van der Waals surface area (Å²) in [5, 5.41) is 4.46. The first-order valence-electron chi connectivity index (χ1n) is 6.40. The molecule has 1 unspecified atom stereocenters. The molecular formula is C15H21N3. The van der Waals surface area contributed by atoms with Crippen LogP contribution < -0.4 is 5.73 Å². The molecule has 2 aromatic rings. The summed E-state index contributed by atoms with van der Waals surface area (Å²) in [4.78, 5) is 0. The van der Waals surface area contributed by atoms with Gasteiger partial charge in [0.25, 0.3) is 0 Å². The van der Waals surface area contributed by atoms with Gasteiger partial charge in [-0.05, 0) is 44.9 Å². The van der Waals surface area contributed by atoms with Crippen LogP contribution in [0.2, 0.25) is 0 Å². The predicted octanol–water partition coefficient (Wildman–Crippen LogP) is 2.88. The van der Waals surface area contributed by atoms with Crippen molar-refractivity contribution in [3.05, 3.63) is 52.3 Å². The summed E-state index contributed by atoms with van der Waals surface area (Å²) in [6.07, 6.45) is 0. The van der Waals surface area contributed by atoms with Gasteiger partial charge in [-0.2, -0.15) is 5.10 Å². The summed E-state index contributed by atoms with van der Waals surface area (Å²) in [5.41, 5.74) is 12.2. The Kier molecular flexibility index (Phi) is 3.53. The van der Waals surface area contributed by atoms with E-state index in [2.05, 4.69) is 50.1 Å². The third kappa shape index (κ3) is 2.31. The lowest BCUT2D eigenvalue weighted by molar-refractivity contribution is 0.596. The number of aromatic nitrogens is 2. The van der Waals surface area contributed by atoms with Gasteiger partial charge in [-0.25, -0.2) is 0 Å². The molecule has 18 heavy (non-hydrogen) atoms. The topological polar surface area (TPSA) is 43.8 Å². The number of nitrogens with two attached hydrogens (primary N) is 1. The van der Waals surface area contributed by atoms with Crippen LogP contribution in [-0.2, 0) is 6.54 Å². The smallest absolute Gasteiger partial charge is 0.0726 e. The number of aryl methyl sites for hydroxylation is 4. The van der Waals surface area contributed by atoms with Gasteiger partial charge in [0.2, 0.25) is 0 Å². The molecule has 0 saturated heterocycles. The lowest BCUT2D eigenvalue weighted by Crippen LogP contribution is -2.18. The van der Waals surface area contributed by atoms with Gasteiger partial charge in [0, 0.05) is 6.54 Å².